The van der Waals surface area contributed by atoms with E-state index in [-0.39, 0.29) is 5.43 Å². The van der Waals surface area contributed by atoms with Crippen LogP contribution in [-0.4, -0.2) is 10.2 Å². The van der Waals surface area contributed by atoms with Crippen molar-refractivity contribution < 1.29 is 10.2 Å². The fourth-order valence-electron chi connectivity index (χ4n) is 3.78. The molecular formula is C20H10O4. The number of fused-ring (bicyclic) bond motifs is 2. The summed E-state index contributed by atoms with van der Waals surface area (Å²) in [5.74, 6) is -1.06. The third-order valence-electron chi connectivity index (χ3n) is 4.80. The summed E-state index contributed by atoms with van der Waals surface area (Å²) in [6, 6.07) is 13.8. The van der Waals surface area contributed by atoms with Crippen LogP contribution >= 0.6 is 0 Å². The summed E-state index contributed by atoms with van der Waals surface area (Å²) in [7, 11) is 0. The van der Waals surface area contributed by atoms with Gasteiger partial charge in [-0.2, -0.15) is 0 Å². The molecule has 0 aromatic heterocycles. The Morgan fingerprint density at radius 3 is 1.92 bits per heavy atom. The first-order valence-electron chi connectivity index (χ1n) is 7.50. The third-order valence-corrected chi connectivity index (χ3v) is 4.80. The third kappa shape index (κ3) is 1.34. The van der Waals surface area contributed by atoms with E-state index in [0.29, 0.717) is 32.3 Å². The van der Waals surface area contributed by atoms with Gasteiger partial charge in [-0.05, 0) is 28.3 Å². The Kier molecular flexibility index (Phi) is 2.24. The fourth-order valence-corrected chi connectivity index (χ4v) is 3.78. The van der Waals surface area contributed by atoms with E-state index in [0.717, 1.165) is 10.8 Å². The van der Waals surface area contributed by atoms with Crippen molar-refractivity contribution in [2.24, 2.45) is 0 Å². The molecule has 0 unspecified atom stereocenters. The molecule has 24 heavy (non-hydrogen) atoms. The van der Waals surface area contributed by atoms with Gasteiger partial charge in [-0.1, -0.05) is 36.4 Å². The molecule has 0 bridgehead atoms. The molecule has 5 aromatic rings. The molecule has 4 nitrogen and oxygen atoms in total. The normalized spacial score (nSPS) is 12.0. The molecule has 114 valence electrons. The highest BCUT2D eigenvalue weighted by Gasteiger charge is 2.21. The maximum atomic E-state index is 12.7. The minimum Gasteiger partial charge on any atom is -0.504 e. The molecule has 0 aliphatic heterocycles. The number of hydrogen-bond acceptors (Lipinski definition) is 4. The lowest BCUT2D eigenvalue weighted by molar-refractivity contribution is 0.405. The summed E-state index contributed by atoms with van der Waals surface area (Å²) in [5, 5.41) is 25.1. The van der Waals surface area contributed by atoms with Crippen molar-refractivity contribution in [1.82, 2.24) is 0 Å². The number of aromatic hydroxyl groups is 2. The lowest BCUT2D eigenvalue weighted by atomic mass is 9.89. The van der Waals surface area contributed by atoms with Gasteiger partial charge < -0.3 is 10.2 Å². The highest BCUT2D eigenvalue weighted by molar-refractivity contribution is 6.33. The van der Waals surface area contributed by atoms with Crippen LogP contribution in [-0.2, 0) is 0 Å². The largest absolute Gasteiger partial charge is 0.504 e. The zero-order valence-corrected chi connectivity index (χ0v) is 12.3. The molecule has 0 saturated heterocycles. The summed E-state index contributed by atoms with van der Waals surface area (Å²) >= 11 is 0. The topological polar surface area (TPSA) is 74.6 Å². The Balaban J connectivity index is 2.35. The van der Waals surface area contributed by atoms with Gasteiger partial charge in [0.15, 0.2) is 11.2 Å². The summed E-state index contributed by atoms with van der Waals surface area (Å²) in [6.07, 6.45) is 0. The summed E-state index contributed by atoms with van der Waals surface area (Å²) in [4.78, 5) is 24.9. The van der Waals surface area contributed by atoms with Crippen LogP contribution < -0.4 is 10.9 Å². The van der Waals surface area contributed by atoms with E-state index >= 15 is 0 Å². The van der Waals surface area contributed by atoms with Gasteiger partial charge in [0.1, 0.15) is 0 Å². The first-order valence-corrected chi connectivity index (χ1v) is 7.50. The first kappa shape index (κ1) is 13.1. The van der Waals surface area contributed by atoms with E-state index in [1.54, 1.807) is 24.3 Å². The van der Waals surface area contributed by atoms with Gasteiger partial charge in [0.2, 0.25) is 11.2 Å². The molecule has 0 spiro atoms. The highest BCUT2D eigenvalue weighted by Crippen LogP contribution is 2.42. The Hall–Kier alpha value is -3.40. The minimum absolute atomic E-state index is 0.110. The van der Waals surface area contributed by atoms with Gasteiger partial charge in [0.05, 0.1) is 0 Å². The standard InChI is InChI=1S/C20H10O4/c21-14-8-7-12-15-9(3-1-5-11(14)15)10-4-2-6-13-16(10)17(12)19(23)20(24)18(13)22/h1-8,22,24H. The molecule has 0 saturated carbocycles. The summed E-state index contributed by atoms with van der Waals surface area (Å²) < 4.78 is 0. The molecule has 0 aliphatic rings. The van der Waals surface area contributed by atoms with E-state index in [1.807, 2.05) is 18.2 Å². The van der Waals surface area contributed by atoms with E-state index in [2.05, 4.69) is 0 Å². The van der Waals surface area contributed by atoms with Crippen LogP contribution in [0.2, 0.25) is 0 Å². The predicted octanol–water partition coefficient (Wildman–Crippen LogP) is 3.31. The molecule has 0 aliphatic carbocycles. The number of rotatable bonds is 0. The lowest BCUT2D eigenvalue weighted by Gasteiger charge is -2.14. The number of hydrogen-bond donors (Lipinski definition) is 2. The zero-order chi connectivity index (χ0) is 16.6. The molecular weight excluding hydrogens is 304 g/mol. The van der Waals surface area contributed by atoms with Gasteiger partial charge in [0, 0.05) is 26.9 Å². The monoisotopic (exact) mass is 314 g/mol. The van der Waals surface area contributed by atoms with Crippen LogP contribution in [0.25, 0.3) is 43.1 Å². The highest BCUT2D eigenvalue weighted by atomic mass is 16.3. The quantitative estimate of drug-likeness (QED) is 0.261. The average molecular weight is 314 g/mol. The number of phenolic OH excluding ortho intramolecular Hbond substituents is 2. The molecule has 5 aromatic carbocycles. The lowest BCUT2D eigenvalue weighted by Crippen LogP contribution is -2.06. The van der Waals surface area contributed by atoms with Crippen LogP contribution in [0.3, 0.4) is 0 Å². The van der Waals surface area contributed by atoms with Crippen molar-refractivity contribution in [3.05, 3.63) is 69.0 Å². The molecule has 0 heterocycles. The molecule has 0 atom stereocenters. The van der Waals surface area contributed by atoms with Crippen molar-refractivity contribution in [2.75, 3.05) is 0 Å². The minimum atomic E-state index is -0.659. The van der Waals surface area contributed by atoms with Crippen LogP contribution in [0.4, 0.5) is 0 Å². The van der Waals surface area contributed by atoms with Gasteiger partial charge in [-0.15, -0.1) is 0 Å². The van der Waals surface area contributed by atoms with Gasteiger partial charge in [0.25, 0.3) is 0 Å². The smallest absolute Gasteiger partial charge is 0.232 e. The second-order valence-electron chi connectivity index (χ2n) is 5.97. The predicted molar refractivity (Wildman–Crippen MR) is 94.7 cm³/mol. The second kappa shape index (κ2) is 4.11. The Morgan fingerprint density at radius 2 is 1.17 bits per heavy atom. The van der Waals surface area contributed by atoms with Gasteiger partial charge >= 0.3 is 0 Å². The number of phenols is 2. The number of benzene rings is 5. The molecule has 4 heteroatoms. The summed E-state index contributed by atoms with van der Waals surface area (Å²) in [5.41, 5.74) is -0.733. The van der Waals surface area contributed by atoms with Crippen molar-refractivity contribution in [3.8, 4) is 11.5 Å². The van der Waals surface area contributed by atoms with Crippen molar-refractivity contribution in [2.45, 2.75) is 0 Å². The Bertz CT molecular complexity index is 1400. The van der Waals surface area contributed by atoms with Crippen LogP contribution in [0, 0.1) is 0 Å². The Labute approximate surface area is 134 Å². The molecule has 2 N–H and O–H groups in total. The van der Waals surface area contributed by atoms with Crippen LogP contribution in [0.15, 0.2) is 58.1 Å². The van der Waals surface area contributed by atoms with E-state index in [1.165, 1.54) is 6.07 Å². The molecule has 0 amide bonds. The zero-order valence-electron chi connectivity index (χ0n) is 12.3. The van der Waals surface area contributed by atoms with E-state index < -0.39 is 16.9 Å². The first-order chi connectivity index (χ1) is 11.6. The van der Waals surface area contributed by atoms with Crippen molar-refractivity contribution in [1.29, 1.82) is 0 Å². The molecule has 0 radical (unpaired) electrons. The van der Waals surface area contributed by atoms with Crippen LogP contribution in [0.1, 0.15) is 0 Å². The van der Waals surface area contributed by atoms with Crippen LogP contribution in [0.5, 0.6) is 11.5 Å². The van der Waals surface area contributed by atoms with Crippen molar-refractivity contribution in [3.63, 3.8) is 0 Å². The molecule has 5 rings (SSSR count). The van der Waals surface area contributed by atoms with E-state index in [9.17, 15) is 19.8 Å². The Morgan fingerprint density at radius 1 is 0.542 bits per heavy atom. The van der Waals surface area contributed by atoms with Gasteiger partial charge in [-0.25, -0.2) is 0 Å². The average Bonchev–Trinajstić information content (AvgIpc) is 2.61. The van der Waals surface area contributed by atoms with Crippen molar-refractivity contribution >= 4 is 43.1 Å². The SMILES string of the molecule is O=c1ccc2c3c(=O)c(O)c(O)c4cccc(c5cccc1c52)c43. The fraction of sp³-hybridized carbons (Fsp3) is 0. The molecule has 0 fully saturated rings. The maximum absolute atomic E-state index is 12.7. The maximum Gasteiger partial charge on any atom is 0.232 e. The van der Waals surface area contributed by atoms with E-state index in [4.69, 9.17) is 0 Å². The van der Waals surface area contributed by atoms with Gasteiger partial charge in [-0.3, -0.25) is 9.59 Å². The summed E-state index contributed by atoms with van der Waals surface area (Å²) in [6.45, 7) is 0. The second-order valence-corrected chi connectivity index (χ2v) is 5.97.